The van der Waals surface area contributed by atoms with Crippen molar-refractivity contribution in [3.05, 3.63) is 53.9 Å². The maximum absolute atomic E-state index is 13.4. The Morgan fingerprint density at radius 2 is 2.24 bits per heavy atom. The summed E-state index contributed by atoms with van der Waals surface area (Å²) in [4.78, 5) is 7.14. The molecule has 0 bridgehead atoms. The van der Waals surface area contributed by atoms with E-state index in [1.54, 1.807) is 18.5 Å². The zero-order chi connectivity index (χ0) is 12.1. The first-order valence-corrected chi connectivity index (χ1v) is 5.71. The fourth-order valence-electron chi connectivity index (χ4n) is 1.73. The first kappa shape index (κ1) is 11.8. The number of hydrogen-bond donors (Lipinski definition) is 2. The van der Waals surface area contributed by atoms with Crippen molar-refractivity contribution in [2.45, 2.75) is 25.9 Å². The van der Waals surface area contributed by atoms with Crippen molar-refractivity contribution in [3.8, 4) is 0 Å². The lowest BCUT2D eigenvalue weighted by molar-refractivity contribution is 0.518. The SMILES string of the molecule is CC(Cc1ccccc1F)NCc1ncc[nH]1. The molecule has 0 aliphatic rings. The van der Waals surface area contributed by atoms with Gasteiger partial charge in [0.25, 0.3) is 0 Å². The Morgan fingerprint density at radius 3 is 2.94 bits per heavy atom. The Labute approximate surface area is 100 Å². The Bertz CT molecular complexity index is 453. The molecule has 2 N–H and O–H groups in total. The van der Waals surface area contributed by atoms with E-state index < -0.39 is 0 Å². The smallest absolute Gasteiger partial charge is 0.126 e. The van der Waals surface area contributed by atoms with Gasteiger partial charge in [-0.1, -0.05) is 18.2 Å². The van der Waals surface area contributed by atoms with Crippen LogP contribution in [-0.4, -0.2) is 16.0 Å². The van der Waals surface area contributed by atoms with Crippen molar-refractivity contribution in [3.63, 3.8) is 0 Å². The molecule has 1 aromatic heterocycles. The molecular formula is C13H16FN3. The van der Waals surface area contributed by atoms with E-state index in [9.17, 15) is 4.39 Å². The Balaban J connectivity index is 1.85. The molecule has 1 aromatic carbocycles. The molecule has 0 aliphatic carbocycles. The van der Waals surface area contributed by atoms with Crippen LogP contribution in [0.4, 0.5) is 4.39 Å². The zero-order valence-electron chi connectivity index (χ0n) is 9.78. The van der Waals surface area contributed by atoms with E-state index in [0.29, 0.717) is 13.0 Å². The number of aromatic amines is 1. The summed E-state index contributed by atoms with van der Waals surface area (Å²) in [6.07, 6.45) is 4.18. The molecule has 90 valence electrons. The number of nitrogens with zero attached hydrogens (tertiary/aromatic N) is 1. The quantitative estimate of drug-likeness (QED) is 0.831. The number of rotatable bonds is 5. The van der Waals surface area contributed by atoms with Crippen LogP contribution in [0.3, 0.4) is 0 Å². The molecule has 0 fully saturated rings. The van der Waals surface area contributed by atoms with E-state index in [2.05, 4.69) is 15.3 Å². The van der Waals surface area contributed by atoms with Crippen LogP contribution in [0.5, 0.6) is 0 Å². The molecule has 4 heteroatoms. The Kier molecular flexibility index (Phi) is 3.88. The van der Waals surface area contributed by atoms with E-state index in [0.717, 1.165) is 11.4 Å². The minimum Gasteiger partial charge on any atom is -0.348 e. The number of benzene rings is 1. The molecule has 0 spiro atoms. The molecule has 2 aromatic rings. The first-order valence-electron chi connectivity index (χ1n) is 5.71. The number of halogens is 1. The van der Waals surface area contributed by atoms with E-state index in [1.165, 1.54) is 6.07 Å². The fourth-order valence-corrected chi connectivity index (χ4v) is 1.73. The molecule has 3 nitrogen and oxygen atoms in total. The van der Waals surface area contributed by atoms with Crippen molar-refractivity contribution in [1.82, 2.24) is 15.3 Å². The summed E-state index contributed by atoms with van der Waals surface area (Å²) >= 11 is 0. The standard InChI is InChI=1S/C13H16FN3/c1-10(17-9-13-15-6-7-16-13)8-11-4-2-3-5-12(11)14/h2-7,10,17H,8-9H2,1H3,(H,15,16). The van der Waals surface area contributed by atoms with Crippen LogP contribution >= 0.6 is 0 Å². The third-order valence-corrected chi connectivity index (χ3v) is 2.66. The van der Waals surface area contributed by atoms with Gasteiger partial charge >= 0.3 is 0 Å². The molecule has 17 heavy (non-hydrogen) atoms. The fraction of sp³-hybridized carbons (Fsp3) is 0.308. The maximum Gasteiger partial charge on any atom is 0.126 e. The highest BCUT2D eigenvalue weighted by Crippen LogP contribution is 2.09. The lowest BCUT2D eigenvalue weighted by Gasteiger charge is -2.13. The van der Waals surface area contributed by atoms with E-state index in [-0.39, 0.29) is 11.9 Å². The van der Waals surface area contributed by atoms with Crippen LogP contribution in [0.15, 0.2) is 36.7 Å². The van der Waals surface area contributed by atoms with Gasteiger partial charge in [-0.15, -0.1) is 0 Å². The highest BCUT2D eigenvalue weighted by atomic mass is 19.1. The lowest BCUT2D eigenvalue weighted by Crippen LogP contribution is -2.28. The maximum atomic E-state index is 13.4. The van der Waals surface area contributed by atoms with Gasteiger partial charge < -0.3 is 10.3 Å². The monoisotopic (exact) mass is 233 g/mol. The molecule has 0 aliphatic heterocycles. The van der Waals surface area contributed by atoms with Crippen molar-refractivity contribution in [2.24, 2.45) is 0 Å². The number of hydrogen-bond acceptors (Lipinski definition) is 2. The average molecular weight is 233 g/mol. The van der Waals surface area contributed by atoms with Crippen LogP contribution in [0, 0.1) is 5.82 Å². The molecule has 0 saturated heterocycles. The number of H-pyrrole nitrogens is 1. The van der Waals surface area contributed by atoms with Crippen LogP contribution in [0.25, 0.3) is 0 Å². The Morgan fingerprint density at radius 1 is 1.41 bits per heavy atom. The predicted molar refractivity (Wildman–Crippen MR) is 65.0 cm³/mol. The average Bonchev–Trinajstić information content (AvgIpc) is 2.82. The van der Waals surface area contributed by atoms with E-state index in [1.807, 2.05) is 19.1 Å². The van der Waals surface area contributed by atoms with Gasteiger partial charge in [-0.3, -0.25) is 0 Å². The van der Waals surface area contributed by atoms with Gasteiger partial charge in [0.2, 0.25) is 0 Å². The van der Waals surface area contributed by atoms with Crippen molar-refractivity contribution in [1.29, 1.82) is 0 Å². The minimum atomic E-state index is -0.140. The Hall–Kier alpha value is -1.68. The van der Waals surface area contributed by atoms with Crippen LogP contribution in [-0.2, 0) is 13.0 Å². The molecule has 1 unspecified atom stereocenters. The molecule has 0 amide bonds. The van der Waals surface area contributed by atoms with Crippen molar-refractivity contribution in [2.75, 3.05) is 0 Å². The number of nitrogens with one attached hydrogen (secondary N) is 2. The van der Waals surface area contributed by atoms with Gasteiger partial charge in [-0.25, -0.2) is 9.37 Å². The normalized spacial score (nSPS) is 12.6. The van der Waals surface area contributed by atoms with Gasteiger partial charge in [0, 0.05) is 18.4 Å². The second-order valence-electron chi connectivity index (χ2n) is 4.11. The summed E-state index contributed by atoms with van der Waals surface area (Å²) in [5.41, 5.74) is 0.743. The van der Waals surface area contributed by atoms with Gasteiger partial charge in [0.05, 0.1) is 6.54 Å². The number of imidazole rings is 1. The van der Waals surface area contributed by atoms with E-state index in [4.69, 9.17) is 0 Å². The topological polar surface area (TPSA) is 40.7 Å². The summed E-state index contributed by atoms with van der Waals surface area (Å²) in [5.74, 6) is 0.754. The summed E-state index contributed by atoms with van der Waals surface area (Å²) in [6.45, 7) is 2.71. The van der Waals surface area contributed by atoms with Crippen LogP contribution in [0.2, 0.25) is 0 Å². The van der Waals surface area contributed by atoms with Gasteiger partial charge in [-0.2, -0.15) is 0 Å². The third kappa shape index (κ3) is 3.39. The van der Waals surface area contributed by atoms with Crippen LogP contribution in [0.1, 0.15) is 18.3 Å². The van der Waals surface area contributed by atoms with Crippen molar-refractivity contribution < 1.29 is 4.39 Å². The second kappa shape index (κ2) is 5.59. The molecule has 0 saturated carbocycles. The summed E-state index contributed by atoms with van der Waals surface area (Å²) in [5, 5.41) is 3.30. The second-order valence-corrected chi connectivity index (χ2v) is 4.11. The zero-order valence-corrected chi connectivity index (χ0v) is 9.78. The third-order valence-electron chi connectivity index (χ3n) is 2.66. The first-order chi connectivity index (χ1) is 8.25. The van der Waals surface area contributed by atoms with Gasteiger partial charge in [0.15, 0.2) is 0 Å². The highest BCUT2D eigenvalue weighted by Gasteiger charge is 2.07. The lowest BCUT2D eigenvalue weighted by atomic mass is 10.1. The molecule has 1 atom stereocenters. The molecular weight excluding hydrogens is 217 g/mol. The number of aromatic nitrogens is 2. The molecule has 1 heterocycles. The largest absolute Gasteiger partial charge is 0.348 e. The highest BCUT2D eigenvalue weighted by molar-refractivity contribution is 5.18. The van der Waals surface area contributed by atoms with Gasteiger partial charge in [0.1, 0.15) is 11.6 Å². The van der Waals surface area contributed by atoms with Gasteiger partial charge in [-0.05, 0) is 25.0 Å². The summed E-state index contributed by atoms with van der Waals surface area (Å²) < 4.78 is 13.4. The predicted octanol–water partition coefficient (Wildman–Crippen LogP) is 2.27. The summed E-state index contributed by atoms with van der Waals surface area (Å²) in [7, 11) is 0. The van der Waals surface area contributed by atoms with E-state index >= 15 is 0 Å². The summed E-state index contributed by atoms with van der Waals surface area (Å²) in [6, 6.07) is 7.09. The van der Waals surface area contributed by atoms with Crippen molar-refractivity contribution >= 4 is 0 Å². The molecule has 0 radical (unpaired) electrons. The minimum absolute atomic E-state index is 0.140. The van der Waals surface area contributed by atoms with Crippen LogP contribution < -0.4 is 5.32 Å². The molecule has 2 rings (SSSR count).